The van der Waals surface area contributed by atoms with E-state index in [9.17, 15) is 9.59 Å². The first-order chi connectivity index (χ1) is 13.2. The van der Waals surface area contributed by atoms with Crippen molar-refractivity contribution in [3.8, 4) is 0 Å². The molecule has 0 aliphatic carbocycles. The second-order valence-corrected chi connectivity index (χ2v) is 6.57. The highest BCUT2D eigenvalue weighted by atomic mass is 16.5. The van der Waals surface area contributed by atoms with Crippen LogP contribution in [0.1, 0.15) is 53.2 Å². The van der Waals surface area contributed by atoms with Crippen LogP contribution in [0.15, 0.2) is 24.3 Å². The first kappa shape index (κ1) is 17.5. The average molecular weight is 366 g/mol. The van der Waals surface area contributed by atoms with E-state index in [4.69, 9.17) is 9.47 Å². The maximum absolute atomic E-state index is 12.9. The van der Waals surface area contributed by atoms with Crippen LogP contribution in [0.3, 0.4) is 0 Å². The summed E-state index contributed by atoms with van der Waals surface area (Å²) in [6.07, 6.45) is 2.77. The van der Waals surface area contributed by atoms with Gasteiger partial charge in [0.1, 0.15) is 5.56 Å². The fourth-order valence-electron chi connectivity index (χ4n) is 3.94. The number of esters is 2. The molecule has 0 bridgehead atoms. The van der Waals surface area contributed by atoms with E-state index in [1.807, 2.05) is 24.3 Å². The number of ether oxygens (including phenoxy) is 2. The summed E-state index contributed by atoms with van der Waals surface area (Å²) in [5.74, 6) is -1.12. The zero-order valence-corrected chi connectivity index (χ0v) is 15.6. The van der Waals surface area contributed by atoms with Gasteiger partial charge in [-0.05, 0) is 39.2 Å². The average Bonchev–Trinajstić information content (AvgIpc) is 2.84. The molecule has 27 heavy (non-hydrogen) atoms. The van der Waals surface area contributed by atoms with Crippen molar-refractivity contribution in [3.05, 3.63) is 41.2 Å². The van der Waals surface area contributed by atoms with Crippen LogP contribution in [-0.2, 0) is 22.4 Å². The summed E-state index contributed by atoms with van der Waals surface area (Å²) in [6, 6.07) is 7.95. The molecule has 4 rings (SSSR count). The minimum absolute atomic E-state index is 0.0580. The Morgan fingerprint density at radius 3 is 2.59 bits per heavy atom. The fourth-order valence-corrected chi connectivity index (χ4v) is 3.94. The summed E-state index contributed by atoms with van der Waals surface area (Å²) in [6.45, 7) is 4.79. The lowest BCUT2D eigenvalue weighted by Crippen LogP contribution is -2.18. The number of hydrogen-bond donors (Lipinski definition) is 0. The molecule has 0 amide bonds. The molecular weight excluding hydrogens is 344 g/mol. The minimum atomic E-state index is -0.584. The highest BCUT2D eigenvalue weighted by Gasteiger charge is 2.30. The van der Waals surface area contributed by atoms with Crippen molar-refractivity contribution in [2.75, 3.05) is 13.2 Å². The molecule has 1 aliphatic rings. The van der Waals surface area contributed by atoms with Crippen LogP contribution in [0.5, 0.6) is 0 Å². The Morgan fingerprint density at radius 2 is 1.81 bits per heavy atom. The van der Waals surface area contributed by atoms with Crippen LogP contribution in [0.25, 0.3) is 21.8 Å². The Hall–Kier alpha value is -2.89. The Labute approximate surface area is 157 Å². The van der Waals surface area contributed by atoms with Crippen molar-refractivity contribution in [1.82, 2.24) is 9.55 Å². The number of aromatic nitrogens is 2. The van der Waals surface area contributed by atoms with Crippen molar-refractivity contribution in [3.63, 3.8) is 0 Å². The normalized spacial score (nSPS) is 13.6. The van der Waals surface area contributed by atoms with E-state index in [2.05, 4.69) is 9.55 Å². The van der Waals surface area contributed by atoms with Gasteiger partial charge in [0.05, 0.1) is 24.4 Å². The Kier molecular flexibility index (Phi) is 4.56. The third-order valence-corrected chi connectivity index (χ3v) is 4.97. The highest BCUT2D eigenvalue weighted by molar-refractivity contribution is 6.21. The van der Waals surface area contributed by atoms with Crippen molar-refractivity contribution in [2.24, 2.45) is 0 Å². The molecular formula is C21H22N2O4. The molecule has 1 aliphatic heterocycles. The molecule has 0 spiro atoms. The van der Waals surface area contributed by atoms with E-state index in [0.717, 1.165) is 53.3 Å². The zero-order chi connectivity index (χ0) is 19.0. The number of para-hydroxylation sites is 1. The largest absolute Gasteiger partial charge is 0.462 e. The molecule has 0 atom stereocenters. The smallest absolute Gasteiger partial charge is 0.357 e. The predicted octanol–water partition coefficient (Wildman–Crippen LogP) is 3.88. The quantitative estimate of drug-likeness (QED) is 0.656. The summed E-state index contributed by atoms with van der Waals surface area (Å²) in [5, 5.41) is 1.69. The number of carbonyl (C=O) groups is 2. The lowest BCUT2D eigenvalue weighted by atomic mass is 10.0. The monoisotopic (exact) mass is 366 g/mol. The fraction of sp³-hybridized carbons (Fsp3) is 0.381. The lowest BCUT2D eigenvalue weighted by Gasteiger charge is -2.12. The van der Waals surface area contributed by atoms with E-state index < -0.39 is 11.9 Å². The molecule has 140 valence electrons. The molecule has 0 saturated heterocycles. The van der Waals surface area contributed by atoms with Crippen LogP contribution in [0.4, 0.5) is 0 Å². The van der Waals surface area contributed by atoms with Gasteiger partial charge >= 0.3 is 11.9 Å². The van der Waals surface area contributed by atoms with Crippen LogP contribution in [0, 0.1) is 0 Å². The van der Waals surface area contributed by atoms with Gasteiger partial charge in [-0.15, -0.1) is 0 Å². The van der Waals surface area contributed by atoms with Gasteiger partial charge in [0.15, 0.2) is 5.69 Å². The second kappa shape index (κ2) is 7.02. The van der Waals surface area contributed by atoms with Crippen LogP contribution in [-0.4, -0.2) is 34.7 Å². The maximum atomic E-state index is 12.9. The molecule has 3 heterocycles. The molecule has 3 aromatic rings. The number of carbonyl (C=O) groups excluding carboxylic acids is 2. The number of rotatable bonds is 4. The van der Waals surface area contributed by atoms with E-state index in [0.29, 0.717) is 0 Å². The molecule has 6 heteroatoms. The molecule has 2 aromatic heterocycles. The molecule has 6 nitrogen and oxygen atoms in total. The number of benzene rings is 1. The summed E-state index contributed by atoms with van der Waals surface area (Å²) in [5.41, 5.74) is 3.09. The van der Waals surface area contributed by atoms with Gasteiger partial charge in [-0.3, -0.25) is 0 Å². The van der Waals surface area contributed by atoms with Gasteiger partial charge < -0.3 is 14.0 Å². The van der Waals surface area contributed by atoms with Crippen molar-refractivity contribution in [1.29, 1.82) is 0 Å². The number of fused-ring (bicyclic) bond motifs is 3. The topological polar surface area (TPSA) is 70.4 Å². The Balaban J connectivity index is 2.16. The summed E-state index contributed by atoms with van der Waals surface area (Å²) in [4.78, 5) is 30.1. The number of pyridine rings is 1. The Bertz CT molecular complexity index is 1050. The van der Waals surface area contributed by atoms with Crippen LogP contribution < -0.4 is 0 Å². The molecule has 1 aromatic carbocycles. The number of aryl methyl sites for hydroxylation is 2. The van der Waals surface area contributed by atoms with Crippen molar-refractivity contribution < 1.29 is 19.1 Å². The third-order valence-electron chi connectivity index (χ3n) is 4.97. The summed E-state index contributed by atoms with van der Waals surface area (Å²) in [7, 11) is 0. The predicted molar refractivity (Wildman–Crippen MR) is 102 cm³/mol. The highest BCUT2D eigenvalue weighted by Crippen LogP contribution is 2.37. The van der Waals surface area contributed by atoms with Gasteiger partial charge in [-0.2, -0.15) is 0 Å². The summed E-state index contributed by atoms with van der Waals surface area (Å²) >= 11 is 0. The minimum Gasteiger partial charge on any atom is -0.462 e. The van der Waals surface area contributed by atoms with E-state index in [1.54, 1.807) is 13.8 Å². The third kappa shape index (κ3) is 2.76. The molecule has 0 unspecified atom stereocenters. The second-order valence-electron chi connectivity index (χ2n) is 6.57. The first-order valence-electron chi connectivity index (χ1n) is 9.45. The van der Waals surface area contributed by atoms with Crippen LogP contribution >= 0.6 is 0 Å². The SMILES string of the molecule is CCOC(=O)c1nc2c3c(c1C(=O)OCC)c1ccccc1n3CCCC2. The molecule has 0 saturated carbocycles. The Morgan fingerprint density at radius 1 is 1.07 bits per heavy atom. The van der Waals surface area contributed by atoms with E-state index in [-0.39, 0.29) is 24.5 Å². The summed E-state index contributed by atoms with van der Waals surface area (Å²) < 4.78 is 12.7. The van der Waals surface area contributed by atoms with Crippen molar-refractivity contribution >= 4 is 33.7 Å². The lowest BCUT2D eigenvalue weighted by molar-refractivity contribution is 0.0475. The van der Waals surface area contributed by atoms with Crippen molar-refractivity contribution in [2.45, 2.75) is 39.7 Å². The maximum Gasteiger partial charge on any atom is 0.357 e. The van der Waals surface area contributed by atoms with Gasteiger partial charge in [-0.1, -0.05) is 18.2 Å². The molecule has 0 radical (unpaired) electrons. The van der Waals surface area contributed by atoms with Gasteiger partial charge in [0.2, 0.25) is 0 Å². The first-order valence-corrected chi connectivity index (χ1v) is 9.45. The van der Waals surface area contributed by atoms with E-state index in [1.165, 1.54) is 0 Å². The zero-order valence-electron chi connectivity index (χ0n) is 15.6. The number of nitrogens with zero attached hydrogens (tertiary/aromatic N) is 2. The number of hydrogen-bond acceptors (Lipinski definition) is 5. The van der Waals surface area contributed by atoms with Gasteiger partial charge in [-0.25, -0.2) is 14.6 Å². The molecule has 0 fully saturated rings. The van der Waals surface area contributed by atoms with E-state index >= 15 is 0 Å². The standard InChI is InChI=1S/C21H22N2O4/c1-3-26-20(24)17-16-13-9-5-6-11-15(13)23-12-8-7-10-14(19(16)23)22-18(17)21(25)27-4-2/h5-6,9,11H,3-4,7-8,10,12H2,1-2H3. The molecule has 0 N–H and O–H groups in total. The van der Waals surface area contributed by atoms with Gasteiger partial charge in [0, 0.05) is 22.8 Å². The van der Waals surface area contributed by atoms with Crippen LogP contribution in [0.2, 0.25) is 0 Å². The van der Waals surface area contributed by atoms with Gasteiger partial charge in [0.25, 0.3) is 0 Å².